The van der Waals surface area contributed by atoms with Crippen molar-refractivity contribution in [3.63, 3.8) is 0 Å². The van der Waals surface area contributed by atoms with Crippen LogP contribution in [0.25, 0.3) is 0 Å². The molecule has 2 rings (SSSR count). The maximum absolute atomic E-state index is 12.0. The van der Waals surface area contributed by atoms with Gasteiger partial charge in [0.1, 0.15) is 5.75 Å². The van der Waals surface area contributed by atoms with Gasteiger partial charge in [-0.1, -0.05) is 22.0 Å². The number of hydrogen-bond donors (Lipinski definition) is 1. The molecule has 0 amide bonds. The third-order valence-corrected chi connectivity index (χ3v) is 3.25. The highest BCUT2D eigenvalue weighted by Crippen LogP contribution is 2.16. The Kier molecular flexibility index (Phi) is 5.58. The summed E-state index contributed by atoms with van der Waals surface area (Å²) in [5, 5.41) is 3.06. The van der Waals surface area contributed by atoms with Crippen LogP contribution in [-0.2, 0) is 0 Å². The second-order valence-electron chi connectivity index (χ2n) is 4.31. The second-order valence-corrected chi connectivity index (χ2v) is 5.23. The van der Waals surface area contributed by atoms with Crippen molar-refractivity contribution in [1.82, 2.24) is 0 Å². The van der Waals surface area contributed by atoms with Gasteiger partial charge in [0.25, 0.3) is 0 Å². The predicted octanol–water partition coefficient (Wildman–Crippen LogP) is 4.66. The number of ketones is 1. The topological polar surface area (TPSA) is 38.3 Å². The van der Waals surface area contributed by atoms with Crippen molar-refractivity contribution in [2.24, 2.45) is 0 Å². The van der Waals surface area contributed by atoms with Crippen LogP contribution in [0.5, 0.6) is 5.75 Å². The third-order valence-electron chi connectivity index (χ3n) is 2.76. The summed E-state index contributed by atoms with van der Waals surface area (Å²) in [7, 11) is 0. The zero-order valence-electron chi connectivity index (χ0n) is 11.7. The Morgan fingerprint density at radius 3 is 2.67 bits per heavy atom. The molecule has 0 fully saturated rings. The monoisotopic (exact) mass is 345 g/mol. The van der Waals surface area contributed by atoms with E-state index in [4.69, 9.17) is 4.74 Å². The van der Waals surface area contributed by atoms with Gasteiger partial charge in [-0.2, -0.15) is 0 Å². The molecule has 0 aliphatic carbocycles. The summed E-state index contributed by atoms with van der Waals surface area (Å²) >= 11 is 3.40. The van der Waals surface area contributed by atoms with Gasteiger partial charge in [0, 0.05) is 28.0 Å². The fourth-order valence-corrected chi connectivity index (χ4v) is 2.17. The van der Waals surface area contributed by atoms with E-state index >= 15 is 0 Å². The maximum atomic E-state index is 12.0. The molecule has 1 N–H and O–H groups in total. The molecule has 0 aliphatic heterocycles. The minimum Gasteiger partial charge on any atom is -0.494 e. The van der Waals surface area contributed by atoms with Crippen LogP contribution in [0.4, 0.5) is 5.69 Å². The number of nitrogens with one attached hydrogen (secondary N) is 1. The van der Waals surface area contributed by atoms with Crippen molar-refractivity contribution < 1.29 is 9.53 Å². The number of carbonyl (C=O) groups is 1. The summed E-state index contributed by atoms with van der Waals surface area (Å²) < 4.78 is 6.33. The van der Waals surface area contributed by atoms with E-state index in [1.165, 1.54) is 6.08 Å². The highest BCUT2D eigenvalue weighted by atomic mass is 79.9. The zero-order chi connectivity index (χ0) is 15.1. The van der Waals surface area contributed by atoms with Crippen LogP contribution in [0.15, 0.2) is 65.3 Å². The molecule has 21 heavy (non-hydrogen) atoms. The van der Waals surface area contributed by atoms with E-state index < -0.39 is 0 Å². The van der Waals surface area contributed by atoms with E-state index in [0.29, 0.717) is 12.2 Å². The lowest BCUT2D eigenvalue weighted by Crippen LogP contribution is -1.97. The number of anilines is 1. The highest BCUT2D eigenvalue weighted by molar-refractivity contribution is 9.10. The lowest BCUT2D eigenvalue weighted by Gasteiger charge is -2.03. The standard InChI is InChI=1S/C17H16BrNO2/c1-2-21-16-8-6-13(7-9-16)17(20)10-11-19-15-5-3-4-14(18)12-15/h3-12,19H,2H2,1H3. The highest BCUT2D eigenvalue weighted by Gasteiger charge is 2.01. The van der Waals surface area contributed by atoms with E-state index in [0.717, 1.165) is 15.9 Å². The Morgan fingerprint density at radius 2 is 2.00 bits per heavy atom. The molecule has 0 unspecified atom stereocenters. The summed E-state index contributed by atoms with van der Waals surface area (Å²) in [6, 6.07) is 14.9. The van der Waals surface area contributed by atoms with Crippen molar-refractivity contribution in [3.05, 3.63) is 70.8 Å². The number of hydrogen-bond acceptors (Lipinski definition) is 3. The first kappa shape index (κ1) is 15.3. The van der Waals surface area contributed by atoms with Crippen LogP contribution >= 0.6 is 15.9 Å². The van der Waals surface area contributed by atoms with Crippen LogP contribution in [0.3, 0.4) is 0 Å². The summed E-state index contributed by atoms with van der Waals surface area (Å²) in [4.78, 5) is 12.0. The number of allylic oxidation sites excluding steroid dienone is 1. The summed E-state index contributed by atoms with van der Waals surface area (Å²) in [5.41, 5.74) is 1.55. The van der Waals surface area contributed by atoms with Gasteiger partial charge in [-0.15, -0.1) is 0 Å². The van der Waals surface area contributed by atoms with Gasteiger partial charge in [0.05, 0.1) is 6.61 Å². The average molecular weight is 346 g/mol. The number of benzene rings is 2. The molecule has 0 spiro atoms. The molecule has 0 saturated carbocycles. The average Bonchev–Trinajstić information content (AvgIpc) is 2.48. The Balaban J connectivity index is 1.95. The van der Waals surface area contributed by atoms with E-state index in [1.54, 1.807) is 30.5 Å². The smallest absolute Gasteiger partial charge is 0.187 e. The first-order chi connectivity index (χ1) is 10.2. The first-order valence-corrected chi connectivity index (χ1v) is 7.44. The van der Waals surface area contributed by atoms with Gasteiger partial charge in [-0.25, -0.2) is 0 Å². The molecule has 0 saturated heterocycles. The lowest BCUT2D eigenvalue weighted by molar-refractivity contribution is 0.104. The third kappa shape index (κ3) is 4.76. The lowest BCUT2D eigenvalue weighted by atomic mass is 10.1. The number of halogens is 1. The first-order valence-electron chi connectivity index (χ1n) is 6.65. The minimum atomic E-state index is -0.0551. The Bertz CT molecular complexity index is 635. The zero-order valence-corrected chi connectivity index (χ0v) is 13.3. The normalized spacial score (nSPS) is 10.6. The molecule has 108 valence electrons. The van der Waals surface area contributed by atoms with Gasteiger partial charge in [-0.05, 0) is 49.4 Å². The van der Waals surface area contributed by atoms with Crippen LogP contribution < -0.4 is 10.1 Å². The molecule has 2 aromatic carbocycles. The van der Waals surface area contributed by atoms with Gasteiger partial charge < -0.3 is 10.1 Å². The molecule has 0 aliphatic rings. The molecular weight excluding hydrogens is 330 g/mol. The largest absolute Gasteiger partial charge is 0.494 e. The van der Waals surface area contributed by atoms with Crippen molar-refractivity contribution in [3.8, 4) is 5.75 Å². The minimum absolute atomic E-state index is 0.0551. The molecule has 0 atom stereocenters. The Hall–Kier alpha value is -2.07. The van der Waals surface area contributed by atoms with Crippen LogP contribution in [0.1, 0.15) is 17.3 Å². The van der Waals surface area contributed by atoms with Crippen molar-refractivity contribution >= 4 is 27.4 Å². The Labute approximate surface area is 132 Å². The molecule has 0 radical (unpaired) electrons. The predicted molar refractivity (Wildman–Crippen MR) is 88.8 cm³/mol. The summed E-state index contributed by atoms with van der Waals surface area (Å²) in [5.74, 6) is 0.714. The molecule has 3 nitrogen and oxygen atoms in total. The SMILES string of the molecule is CCOc1ccc(C(=O)C=CNc2cccc(Br)c2)cc1. The second kappa shape index (κ2) is 7.64. The Morgan fingerprint density at radius 1 is 1.24 bits per heavy atom. The van der Waals surface area contributed by atoms with Gasteiger partial charge in [0.2, 0.25) is 0 Å². The molecule has 0 aromatic heterocycles. The number of ether oxygens (including phenoxy) is 1. The summed E-state index contributed by atoms with van der Waals surface area (Å²) in [6.45, 7) is 2.54. The van der Waals surface area contributed by atoms with E-state index in [-0.39, 0.29) is 5.78 Å². The molecule has 0 bridgehead atoms. The fraction of sp³-hybridized carbons (Fsp3) is 0.118. The van der Waals surface area contributed by atoms with Gasteiger partial charge in [-0.3, -0.25) is 4.79 Å². The van der Waals surface area contributed by atoms with Gasteiger partial charge >= 0.3 is 0 Å². The van der Waals surface area contributed by atoms with Gasteiger partial charge in [0.15, 0.2) is 5.78 Å². The van der Waals surface area contributed by atoms with E-state index in [9.17, 15) is 4.79 Å². The summed E-state index contributed by atoms with van der Waals surface area (Å²) in [6.07, 6.45) is 3.15. The molecular formula is C17H16BrNO2. The van der Waals surface area contributed by atoms with Crippen molar-refractivity contribution in [2.45, 2.75) is 6.92 Å². The van der Waals surface area contributed by atoms with Crippen LogP contribution in [-0.4, -0.2) is 12.4 Å². The van der Waals surface area contributed by atoms with Crippen LogP contribution in [0.2, 0.25) is 0 Å². The molecule has 0 heterocycles. The maximum Gasteiger partial charge on any atom is 0.187 e. The van der Waals surface area contributed by atoms with E-state index in [2.05, 4.69) is 21.2 Å². The number of carbonyl (C=O) groups excluding carboxylic acids is 1. The fourth-order valence-electron chi connectivity index (χ4n) is 1.77. The van der Waals surface area contributed by atoms with Crippen LogP contribution in [0, 0.1) is 0 Å². The quantitative estimate of drug-likeness (QED) is 0.611. The van der Waals surface area contributed by atoms with Crippen molar-refractivity contribution in [1.29, 1.82) is 0 Å². The molecule has 2 aromatic rings. The van der Waals surface area contributed by atoms with E-state index in [1.807, 2.05) is 31.2 Å². The number of rotatable bonds is 6. The molecule has 4 heteroatoms. The van der Waals surface area contributed by atoms with Crippen molar-refractivity contribution in [2.75, 3.05) is 11.9 Å².